The second-order valence-corrected chi connectivity index (χ2v) is 8.36. The highest BCUT2D eigenvalue weighted by molar-refractivity contribution is 14.0. The Morgan fingerprint density at radius 2 is 1.73 bits per heavy atom. The smallest absolute Gasteiger partial charge is 0.191 e. The molecule has 1 heterocycles. The molecule has 1 saturated heterocycles. The monoisotopic (exact) mass is 567 g/mol. The highest BCUT2D eigenvalue weighted by Gasteiger charge is 2.14. The van der Waals surface area contributed by atoms with Crippen LogP contribution in [0.2, 0.25) is 0 Å². The van der Waals surface area contributed by atoms with Gasteiger partial charge in [0, 0.05) is 33.4 Å². The molecular formula is C26H38IN3O3. The number of hydrogen-bond donors (Lipinski definition) is 2. The molecule has 0 spiro atoms. The van der Waals surface area contributed by atoms with Crippen LogP contribution in [0, 0.1) is 5.92 Å². The van der Waals surface area contributed by atoms with Crippen molar-refractivity contribution in [2.75, 3.05) is 33.4 Å². The van der Waals surface area contributed by atoms with E-state index in [1.807, 2.05) is 18.2 Å². The fraction of sp³-hybridized carbons (Fsp3) is 0.500. The molecule has 33 heavy (non-hydrogen) atoms. The van der Waals surface area contributed by atoms with E-state index in [2.05, 4.69) is 58.9 Å². The van der Waals surface area contributed by atoms with Crippen molar-refractivity contribution in [1.29, 1.82) is 0 Å². The molecular weight excluding hydrogens is 529 g/mol. The van der Waals surface area contributed by atoms with Crippen molar-refractivity contribution in [3.63, 3.8) is 0 Å². The SMILES string of the molecule is CN=C(NCc1cccc(COC2CCOCC2)c1)NCC(C)COCc1ccccc1.I. The molecule has 1 aliphatic rings. The van der Waals surface area contributed by atoms with Crippen LogP contribution in [-0.2, 0) is 34.0 Å². The number of nitrogens with zero attached hydrogens (tertiary/aromatic N) is 1. The molecule has 2 aromatic carbocycles. The van der Waals surface area contributed by atoms with Gasteiger partial charge in [0.2, 0.25) is 0 Å². The van der Waals surface area contributed by atoms with Crippen molar-refractivity contribution in [3.05, 3.63) is 71.3 Å². The lowest BCUT2D eigenvalue weighted by Gasteiger charge is -2.22. The van der Waals surface area contributed by atoms with Crippen molar-refractivity contribution in [3.8, 4) is 0 Å². The number of nitrogens with one attached hydrogen (secondary N) is 2. The maximum Gasteiger partial charge on any atom is 0.191 e. The quantitative estimate of drug-likeness (QED) is 0.238. The van der Waals surface area contributed by atoms with Crippen molar-refractivity contribution < 1.29 is 14.2 Å². The molecule has 6 nitrogen and oxygen atoms in total. The van der Waals surface area contributed by atoms with Gasteiger partial charge >= 0.3 is 0 Å². The van der Waals surface area contributed by atoms with Gasteiger partial charge < -0.3 is 24.8 Å². The molecule has 3 rings (SSSR count). The van der Waals surface area contributed by atoms with Crippen LogP contribution in [0.5, 0.6) is 0 Å². The first-order chi connectivity index (χ1) is 15.7. The number of hydrogen-bond acceptors (Lipinski definition) is 4. The van der Waals surface area contributed by atoms with Gasteiger partial charge in [-0.15, -0.1) is 24.0 Å². The zero-order chi connectivity index (χ0) is 22.4. The number of aliphatic imine (C=N–C) groups is 1. The van der Waals surface area contributed by atoms with E-state index >= 15 is 0 Å². The third-order valence-corrected chi connectivity index (χ3v) is 5.46. The summed E-state index contributed by atoms with van der Waals surface area (Å²) >= 11 is 0. The summed E-state index contributed by atoms with van der Waals surface area (Å²) < 4.78 is 17.3. The summed E-state index contributed by atoms with van der Waals surface area (Å²) in [6.45, 7) is 7.29. The minimum Gasteiger partial charge on any atom is -0.381 e. The van der Waals surface area contributed by atoms with E-state index in [1.165, 1.54) is 16.7 Å². The van der Waals surface area contributed by atoms with E-state index in [1.54, 1.807) is 7.05 Å². The Kier molecular flexibility index (Phi) is 13.4. The summed E-state index contributed by atoms with van der Waals surface area (Å²) in [4.78, 5) is 4.34. The molecule has 0 amide bonds. The Balaban J connectivity index is 0.00000385. The first-order valence-corrected chi connectivity index (χ1v) is 11.6. The van der Waals surface area contributed by atoms with Gasteiger partial charge in [-0.2, -0.15) is 0 Å². The predicted molar refractivity (Wildman–Crippen MR) is 144 cm³/mol. The Morgan fingerprint density at radius 3 is 2.48 bits per heavy atom. The average Bonchev–Trinajstić information content (AvgIpc) is 2.84. The van der Waals surface area contributed by atoms with Gasteiger partial charge in [0.15, 0.2) is 5.96 Å². The fourth-order valence-corrected chi connectivity index (χ4v) is 3.57. The summed E-state index contributed by atoms with van der Waals surface area (Å²) in [5.74, 6) is 1.17. The first-order valence-electron chi connectivity index (χ1n) is 11.6. The lowest BCUT2D eigenvalue weighted by Crippen LogP contribution is -2.39. The summed E-state index contributed by atoms with van der Waals surface area (Å²) in [5, 5.41) is 6.79. The molecule has 2 N–H and O–H groups in total. The topological polar surface area (TPSA) is 64.1 Å². The van der Waals surface area contributed by atoms with Crippen LogP contribution in [0.25, 0.3) is 0 Å². The van der Waals surface area contributed by atoms with E-state index in [0.717, 1.165) is 38.6 Å². The predicted octanol–water partition coefficient (Wildman–Crippen LogP) is 4.52. The second kappa shape index (κ2) is 16.0. The molecule has 1 atom stereocenters. The standard InChI is InChI=1S/C26H37N3O3.HI/c1-21(18-31-19-22-7-4-3-5-8-22)16-28-26(27-2)29-17-23-9-6-10-24(15-23)20-32-25-11-13-30-14-12-25;/h3-10,15,21,25H,11-14,16-20H2,1-2H3,(H2,27,28,29);1H. The lowest BCUT2D eigenvalue weighted by atomic mass is 10.1. The third kappa shape index (κ3) is 10.9. The molecule has 1 unspecified atom stereocenters. The third-order valence-electron chi connectivity index (χ3n) is 5.46. The summed E-state index contributed by atoms with van der Waals surface area (Å²) in [6.07, 6.45) is 2.28. The van der Waals surface area contributed by atoms with E-state index in [9.17, 15) is 0 Å². The minimum absolute atomic E-state index is 0. The molecule has 2 aromatic rings. The number of guanidine groups is 1. The second-order valence-electron chi connectivity index (χ2n) is 8.36. The van der Waals surface area contributed by atoms with Crippen LogP contribution in [0.3, 0.4) is 0 Å². The van der Waals surface area contributed by atoms with E-state index < -0.39 is 0 Å². The summed E-state index contributed by atoms with van der Waals surface area (Å²) in [5.41, 5.74) is 3.61. The molecule has 0 aromatic heterocycles. The number of halogens is 1. The van der Waals surface area contributed by atoms with E-state index in [4.69, 9.17) is 14.2 Å². The van der Waals surface area contributed by atoms with Gasteiger partial charge in [0.05, 0.1) is 25.9 Å². The molecule has 7 heteroatoms. The van der Waals surface area contributed by atoms with E-state index in [-0.39, 0.29) is 24.0 Å². The maximum atomic E-state index is 6.05. The normalized spacial score (nSPS) is 15.5. The fourth-order valence-electron chi connectivity index (χ4n) is 3.57. The van der Waals surface area contributed by atoms with Gasteiger partial charge in [-0.25, -0.2) is 0 Å². The molecule has 182 valence electrons. The highest BCUT2D eigenvalue weighted by atomic mass is 127. The molecule has 0 saturated carbocycles. The van der Waals surface area contributed by atoms with Gasteiger partial charge in [-0.1, -0.05) is 61.5 Å². The van der Waals surface area contributed by atoms with Crippen molar-refractivity contribution in [2.45, 2.75) is 45.6 Å². The molecule has 0 radical (unpaired) electrons. The number of benzene rings is 2. The number of ether oxygens (including phenoxy) is 3. The zero-order valence-corrected chi connectivity index (χ0v) is 22.1. The van der Waals surface area contributed by atoms with Crippen molar-refractivity contribution in [2.24, 2.45) is 10.9 Å². The molecule has 0 bridgehead atoms. The van der Waals surface area contributed by atoms with E-state index in [0.29, 0.717) is 38.4 Å². The Hall–Kier alpha value is -1.68. The Morgan fingerprint density at radius 1 is 1.00 bits per heavy atom. The van der Waals surface area contributed by atoms with Crippen LogP contribution in [-0.4, -0.2) is 45.5 Å². The van der Waals surface area contributed by atoms with Crippen LogP contribution < -0.4 is 10.6 Å². The lowest BCUT2D eigenvalue weighted by molar-refractivity contribution is -0.0390. The molecule has 0 aliphatic carbocycles. The largest absolute Gasteiger partial charge is 0.381 e. The summed E-state index contributed by atoms with van der Waals surface area (Å²) in [6, 6.07) is 18.8. The van der Waals surface area contributed by atoms with Crippen LogP contribution in [0.1, 0.15) is 36.5 Å². The molecule has 1 aliphatic heterocycles. The average molecular weight is 568 g/mol. The van der Waals surface area contributed by atoms with Crippen LogP contribution >= 0.6 is 24.0 Å². The van der Waals surface area contributed by atoms with Gasteiger partial charge in [0.1, 0.15) is 0 Å². The highest BCUT2D eigenvalue weighted by Crippen LogP contribution is 2.14. The summed E-state index contributed by atoms with van der Waals surface area (Å²) in [7, 11) is 1.80. The Labute approximate surface area is 215 Å². The maximum absolute atomic E-state index is 6.05. The van der Waals surface area contributed by atoms with Crippen molar-refractivity contribution in [1.82, 2.24) is 10.6 Å². The van der Waals surface area contributed by atoms with Crippen molar-refractivity contribution >= 4 is 29.9 Å². The zero-order valence-electron chi connectivity index (χ0n) is 19.8. The van der Waals surface area contributed by atoms with Gasteiger partial charge in [0.25, 0.3) is 0 Å². The minimum atomic E-state index is 0. The van der Waals surface area contributed by atoms with Gasteiger partial charge in [-0.3, -0.25) is 4.99 Å². The van der Waals surface area contributed by atoms with Crippen LogP contribution in [0.15, 0.2) is 59.6 Å². The van der Waals surface area contributed by atoms with Gasteiger partial charge in [-0.05, 0) is 35.4 Å². The van der Waals surface area contributed by atoms with Crippen LogP contribution in [0.4, 0.5) is 0 Å². The molecule has 1 fully saturated rings. The Bertz CT molecular complexity index is 813. The first kappa shape index (κ1) is 27.6. The number of rotatable bonds is 11.